The molecule has 2 aromatic rings. The number of fused-ring (bicyclic) bond motifs is 1. The fourth-order valence-corrected chi connectivity index (χ4v) is 3.24. The SMILES string of the molecule is CC1(C)OB(c2cccc3c(N)c(C(=O)NC4CC4)c(=O)[nH]c23)OC1(C)C. The van der Waals surface area contributed by atoms with Crippen molar-refractivity contribution >= 4 is 35.1 Å². The van der Waals surface area contributed by atoms with Gasteiger partial charge in [-0.05, 0) is 40.5 Å². The number of nitrogen functional groups attached to an aromatic ring is 1. The number of aromatic nitrogens is 1. The van der Waals surface area contributed by atoms with E-state index in [1.165, 1.54) is 0 Å². The van der Waals surface area contributed by atoms with Crippen molar-refractivity contribution in [3.8, 4) is 0 Å². The molecule has 2 heterocycles. The molecule has 1 aromatic carbocycles. The van der Waals surface area contributed by atoms with Gasteiger partial charge in [0.05, 0.1) is 22.4 Å². The summed E-state index contributed by atoms with van der Waals surface area (Å²) < 4.78 is 12.2. The Morgan fingerprint density at radius 2 is 1.85 bits per heavy atom. The summed E-state index contributed by atoms with van der Waals surface area (Å²) in [4.78, 5) is 27.9. The summed E-state index contributed by atoms with van der Waals surface area (Å²) in [7, 11) is -0.639. The van der Waals surface area contributed by atoms with Gasteiger partial charge in [0.1, 0.15) is 5.56 Å². The number of H-pyrrole nitrogens is 1. The summed E-state index contributed by atoms with van der Waals surface area (Å²) in [5, 5.41) is 3.42. The Bertz CT molecular complexity index is 978. The Morgan fingerprint density at radius 3 is 2.44 bits per heavy atom. The first-order valence-electron chi connectivity index (χ1n) is 9.21. The molecule has 27 heavy (non-hydrogen) atoms. The van der Waals surface area contributed by atoms with E-state index in [1.54, 1.807) is 6.07 Å². The highest BCUT2D eigenvalue weighted by Crippen LogP contribution is 2.37. The molecule has 1 aliphatic carbocycles. The van der Waals surface area contributed by atoms with Gasteiger partial charge in [-0.25, -0.2) is 0 Å². The Balaban J connectivity index is 1.81. The maximum atomic E-state index is 12.6. The number of rotatable bonds is 3. The second-order valence-electron chi connectivity index (χ2n) is 8.35. The van der Waals surface area contributed by atoms with Crippen LogP contribution in [-0.2, 0) is 9.31 Å². The lowest BCUT2D eigenvalue weighted by Crippen LogP contribution is -2.41. The zero-order chi connectivity index (χ0) is 19.6. The normalized spacial score (nSPS) is 20.8. The third-order valence-electron chi connectivity index (χ3n) is 5.77. The molecule has 0 atom stereocenters. The molecule has 1 saturated carbocycles. The lowest BCUT2D eigenvalue weighted by Gasteiger charge is -2.32. The number of anilines is 1. The van der Waals surface area contributed by atoms with Crippen LogP contribution >= 0.6 is 0 Å². The summed E-state index contributed by atoms with van der Waals surface area (Å²) in [5.41, 5.74) is 6.05. The number of benzene rings is 1. The van der Waals surface area contributed by atoms with Gasteiger partial charge < -0.3 is 25.3 Å². The number of para-hydroxylation sites is 1. The zero-order valence-electron chi connectivity index (χ0n) is 16.0. The second kappa shape index (κ2) is 5.84. The molecular formula is C19H24BN3O4. The van der Waals surface area contributed by atoms with Crippen LogP contribution in [0.4, 0.5) is 5.69 Å². The van der Waals surface area contributed by atoms with Crippen LogP contribution in [0.25, 0.3) is 10.9 Å². The summed E-state index contributed by atoms with van der Waals surface area (Å²) >= 11 is 0. The van der Waals surface area contributed by atoms with Crippen LogP contribution in [-0.4, -0.2) is 35.3 Å². The molecule has 0 unspecified atom stereocenters. The minimum atomic E-state index is -0.639. The van der Waals surface area contributed by atoms with Crippen molar-refractivity contribution in [2.24, 2.45) is 0 Å². The quantitative estimate of drug-likeness (QED) is 0.708. The average molecular weight is 369 g/mol. The number of carbonyl (C=O) groups excluding carboxylic acids is 1. The molecule has 1 amide bonds. The van der Waals surface area contributed by atoms with Crippen molar-refractivity contribution in [3.05, 3.63) is 34.1 Å². The van der Waals surface area contributed by atoms with Gasteiger partial charge in [-0.15, -0.1) is 0 Å². The van der Waals surface area contributed by atoms with Gasteiger partial charge >= 0.3 is 7.12 Å². The van der Waals surface area contributed by atoms with Gasteiger partial charge in [0.2, 0.25) is 0 Å². The van der Waals surface area contributed by atoms with Crippen molar-refractivity contribution in [1.82, 2.24) is 10.3 Å². The van der Waals surface area contributed by atoms with E-state index in [0.29, 0.717) is 16.4 Å². The molecule has 1 saturated heterocycles. The molecule has 1 aromatic heterocycles. The van der Waals surface area contributed by atoms with Crippen LogP contribution in [0.2, 0.25) is 0 Å². The van der Waals surface area contributed by atoms with E-state index in [2.05, 4.69) is 10.3 Å². The minimum Gasteiger partial charge on any atom is -0.399 e. The molecule has 7 nitrogen and oxygen atoms in total. The predicted molar refractivity (Wildman–Crippen MR) is 105 cm³/mol. The average Bonchev–Trinajstić information content (AvgIpc) is 3.33. The van der Waals surface area contributed by atoms with E-state index in [1.807, 2.05) is 39.8 Å². The van der Waals surface area contributed by atoms with Crippen LogP contribution in [0, 0.1) is 0 Å². The summed E-state index contributed by atoms with van der Waals surface area (Å²) in [6.07, 6.45) is 1.87. The Kier molecular flexibility index (Phi) is 3.91. The molecule has 2 fully saturated rings. The fraction of sp³-hybridized carbons (Fsp3) is 0.474. The van der Waals surface area contributed by atoms with Crippen LogP contribution in [0.5, 0.6) is 0 Å². The highest BCUT2D eigenvalue weighted by Gasteiger charge is 2.52. The van der Waals surface area contributed by atoms with Crippen LogP contribution in [0.3, 0.4) is 0 Å². The first kappa shape index (κ1) is 18.1. The van der Waals surface area contributed by atoms with Gasteiger partial charge in [0.25, 0.3) is 11.5 Å². The molecule has 0 spiro atoms. The van der Waals surface area contributed by atoms with E-state index >= 15 is 0 Å². The fourth-order valence-electron chi connectivity index (χ4n) is 3.24. The monoisotopic (exact) mass is 369 g/mol. The number of pyridine rings is 1. The van der Waals surface area contributed by atoms with E-state index < -0.39 is 29.8 Å². The highest BCUT2D eigenvalue weighted by atomic mass is 16.7. The number of aromatic amines is 1. The topological polar surface area (TPSA) is 106 Å². The van der Waals surface area contributed by atoms with Crippen molar-refractivity contribution in [3.63, 3.8) is 0 Å². The second-order valence-corrected chi connectivity index (χ2v) is 8.35. The van der Waals surface area contributed by atoms with Crippen molar-refractivity contribution in [2.45, 2.75) is 57.8 Å². The molecule has 0 bridgehead atoms. The van der Waals surface area contributed by atoms with Crippen molar-refractivity contribution in [2.75, 3.05) is 5.73 Å². The molecule has 2 aliphatic rings. The van der Waals surface area contributed by atoms with Gasteiger partial charge in [-0.2, -0.15) is 0 Å². The lowest BCUT2D eigenvalue weighted by molar-refractivity contribution is 0.00578. The van der Waals surface area contributed by atoms with Crippen LogP contribution in [0.1, 0.15) is 50.9 Å². The molecule has 1 aliphatic heterocycles. The number of nitrogens with one attached hydrogen (secondary N) is 2. The summed E-state index contributed by atoms with van der Waals surface area (Å²) in [5.74, 6) is -0.431. The van der Waals surface area contributed by atoms with E-state index in [0.717, 1.165) is 12.8 Å². The van der Waals surface area contributed by atoms with Gasteiger partial charge in [-0.1, -0.05) is 18.2 Å². The number of carbonyl (C=O) groups is 1. The summed E-state index contributed by atoms with van der Waals surface area (Å²) in [6, 6.07) is 5.58. The van der Waals surface area contributed by atoms with E-state index in [4.69, 9.17) is 15.0 Å². The number of nitrogens with two attached hydrogens (primary N) is 1. The van der Waals surface area contributed by atoms with Gasteiger partial charge in [0, 0.05) is 16.9 Å². The Morgan fingerprint density at radius 1 is 1.22 bits per heavy atom. The molecule has 0 radical (unpaired) electrons. The zero-order valence-corrected chi connectivity index (χ0v) is 16.0. The summed E-state index contributed by atoms with van der Waals surface area (Å²) in [6.45, 7) is 7.87. The number of hydrogen-bond donors (Lipinski definition) is 3. The van der Waals surface area contributed by atoms with Crippen LogP contribution < -0.4 is 22.1 Å². The van der Waals surface area contributed by atoms with Crippen molar-refractivity contribution in [1.29, 1.82) is 0 Å². The largest absolute Gasteiger partial charge is 0.497 e. The Hall–Kier alpha value is -2.32. The maximum absolute atomic E-state index is 12.6. The molecule has 4 rings (SSSR count). The standard InChI is InChI=1S/C19H24BN3O4/c1-18(2)19(3,4)27-20(26-18)12-7-5-6-11-14(21)13(17(25)23-15(11)12)16(24)22-10-8-9-10/h5-7,10H,8-9H2,1-4H3,(H,22,24)(H3,21,23,25). The van der Waals surface area contributed by atoms with Gasteiger partial charge in [-0.3, -0.25) is 9.59 Å². The third-order valence-corrected chi connectivity index (χ3v) is 5.77. The molecule has 142 valence electrons. The number of amides is 1. The molecular weight excluding hydrogens is 345 g/mol. The molecule has 4 N–H and O–H groups in total. The first-order valence-corrected chi connectivity index (χ1v) is 9.21. The predicted octanol–water partition coefficient (Wildman–Crippen LogP) is 1.30. The maximum Gasteiger partial charge on any atom is 0.497 e. The van der Waals surface area contributed by atoms with E-state index in [9.17, 15) is 9.59 Å². The molecule has 8 heteroatoms. The number of hydrogen-bond acceptors (Lipinski definition) is 5. The van der Waals surface area contributed by atoms with Crippen molar-refractivity contribution < 1.29 is 14.1 Å². The van der Waals surface area contributed by atoms with E-state index in [-0.39, 0.29) is 17.3 Å². The lowest BCUT2D eigenvalue weighted by atomic mass is 9.77. The van der Waals surface area contributed by atoms with Crippen LogP contribution in [0.15, 0.2) is 23.0 Å². The third kappa shape index (κ3) is 2.93. The minimum absolute atomic E-state index is 0.0412. The first-order chi connectivity index (χ1) is 12.6. The van der Waals surface area contributed by atoms with Gasteiger partial charge in [0.15, 0.2) is 0 Å². The smallest absolute Gasteiger partial charge is 0.399 e. The Labute approximate surface area is 157 Å². The highest BCUT2D eigenvalue weighted by molar-refractivity contribution is 6.65.